The highest BCUT2D eigenvalue weighted by Gasteiger charge is 2.56. The van der Waals surface area contributed by atoms with Crippen LogP contribution >= 0.6 is 0 Å². The Labute approximate surface area is 124 Å². The lowest BCUT2D eigenvalue weighted by atomic mass is 9.86. The van der Waals surface area contributed by atoms with Crippen LogP contribution in [0, 0.1) is 0 Å². The van der Waals surface area contributed by atoms with Gasteiger partial charge in [-0.25, -0.2) is 4.39 Å². The molecule has 0 fully saturated rings. The van der Waals surface area contributed by atoms with Crippen LogP contribution in [-0.2, 0) is 16.6 Å². The van der Waals surface area contributed by atoms with E-state index in [4.69, 9.17) is 0 Å². The molecular weight excluding hydrogens is 298 g/mol. The fraction of sp³-hybridized carbons (Fsp3) is 0.188. The number of hydrogen-bond donors (Lipinski definition) is 0. The molecule has 1 heterocycles. The molecule has 0 spiro atoms. The lowest BCUT2D eigenvalue weighted by Crippen LogP contribution is -2.36. The van der Waals surface area contributed by atoms with E-state index >= 15 is 4.39 Å². The van der Waals surface area contributed by atoms with Gasteiger partial charge in [-0.15, -0.1) is 0 Å². The van der Waals surface area contributed by atoms with Crippen molar-refractivity contribution in [1.82, 2.24) is 0 Å². The van der Waals surface area contributed by atoms with Gasteiger partial charge in [0.2, 0.25) is 5.67 Å². The maximum Gasteiger partial charge on any atom is 0.416 e. The van der Waals surface area contributed by atoms with Crippen LogP contribution in [0.2, 0.25) is 0 Å². The number of benzene rings is 2. The molecule has 2 nitrogen and oxygen atoms in total. The average Bonchev–Trinajstić information content (AvgIpc) is 2.70. The molecule has 0 saturated carbocycles. The Hall–Kier alpha value is -2.37. The van der Waals surface area contributed by atoms with Crippen molar-refractivity contribution < 1.29 is 22.4 Å². The number of alkyl halides is 4. The Balaban J connectivity index is 2.36. The molecule has 114 valence electrons. The smallest absolute Gasteiger partial charge is 0.312 e. The number of hydrogen-bond acceptors (Lipinski definition) is 1. The zero-order valence-electron chi connectivity index (χ0n) is 11.5. The third-order valence-corrected chi connectivity index (χ3v) is 3.82. The van der Waals surface area contributed by atoms with E-state index in [1.165, 1.54) is 43.4 Å². The summed E-state index contributed by atoms with van der Waals surface area (Å²) in [6.07, 6.45) is -4.75. The number of rotatable bonds is 1. The van der Waals surface area contributed by atoms with Crippen LogP contribution in [-0.4, -0.2) is 13.0 Å². The number of carbonyl (C=O) groups is 1. The maximum atomic E-state index is 15.6. The van der Waals surface area contributed by atoms with Crippen LogP contribution in [0.5, 0.6) is 0 Å². The first-order chi connectivity index (χ1) is 10.3. The Morgan fingerprint density at radius 2 is 1.64 bits per heavy atom. The number of halogens is 4. The largest absolute Gasteiger partial charge is 0.416 e. The van der Waals surface area contributed by atoms with E-state index < -0.39 is 28.9 Å². The van der Waals surface area contributed by atoms with Crippen molar-refractivity contribution in [3.05, 3.63) is 65.2 Å². The van der Waals surface area contributed by atoms with E-state index in [1.54, 1.807) is 6.07 Å². The van der Waals surface area contributed by atoms with E-state index in [1.807, 2.05) is 0 Å². The Bertz CT molecular complexity index is 742. The predicted molar refractivity (Wildman–Crippen MR) is 73.2 cm³/mol. The lowest BCUT2D eigenvalue weighted by molar-refractivity contribution is -0.140. The van der Waals surface area contributed by atoms with E-state index in [2.05, 4.69) is 0 Å². The van der Waals surface area contributed by atoms with Crippen LogP contribution < -0.4 is 4.90 Å². The first kappa shape index (κ1) is 14.6. The molecule has 1 aliphatic heterocycles. The summed E-state index contributed by atoms with van der Waals surface area (Å²) < 4.78 is 55.4. The molecule has 0 saturated heterocycles. The second kappa shape index (κ2) is 4.56. The van der Waals surface area contributed by atoms with Crippen molar-refractivity contribution in [3.63, 3.8) is 0 Å². The first-order valence-electron chi connectivity index (χ1n) is 6.51. The molecule has 0 N–H and O–H groups in total. The lowest BCUT2D eigenvalue weighted by Gasteiger charge is -2.22. The van der Waals surface area contributed by atoms with E-state index in [0.717, 1.165) is 11.0 Å². The van der Waals surface area contributed by atoms with Gasteiger partial charge in [0.1, 0.15) is 0 Å². The molecule has 1 atom stereocenters. The Morgan fingerprint density at radius 1 is 1.00 bits per heavy atom. The summed E-state index contributed by atoms with van der Waals surface area (Å²) >= 11 is 0. The summed E-state index contributed by atoms with van der Waals surface area (Å²) in [7, 11) is 1.27. The predicted octanol–water partition coefficient (Wildman–Crippen LogP) is 3.89. The highest BCUT2D eigenvalue weighted by Crippen LogP contribution is 2.51. The van der Waals surface area contributed by atoms with Crippen molar-refractivity contribution in [2.45, 2.75) is 11.8 Å². The van der Waals surface area contributed by atoms with Crippen molar-refractivity contribution in [2.24, 2.45) is 0 Å². The Kier molecular flexibility index (Phi) is 3.02. The van der Waals surface area contributed by atoms with Crippen molar-refractivity contribution >= 4 is 11.6 Å². The average molecular weight is 309 g/mol. The molecule has 0 bridgehead atoms. The summed E-state index contributed by atoms with van der Waals surface area (Å²) in [4.78, 5) is 13.3. The normalized spacial score (nSPS) is 21.1. The van der Waals surface area contributed by atoms with Crippen LogP contribution in [0.15, 0.2) is 48.5 Å². The van der Waals surface area contributed by atoms with Crippen molar-refractivity contribution in [2.75, 3.05) is 11.9 Å². The summed E-state index contributed by atoms with van der Waals surface area (Å²) in [5.74, 6) is -1.02. The topological polar surface area (TPSA) is 20.3 Å². The van der Waals surface area contributed by atoms with Crippen molar-refractivity contribution in [1.29, 1.82) is 0 Å². The van der Waals surface area contributed by atoms with Crippen LogP contribution in [0.1, 0.15) is 16.7 Å². The fourth-order valence-corrected chi connectivity index (χ4v) is 2.80. The van der Waals surface area contributed by atoms with Crippen LogP contribution in [0.25, 0.3) is 0 Å². The van der Waals surface area contributed by atoms with Crippen LogP contribution in [0.3, 0.4) is 0 Å². The van der Waals surface area contributed by atoms with Crippen molar-refractivity contribution in [3.8, 4) is 0 Å². The maximum absolute atomic E-state index is 15.6. The highest BCUT2D eigenvalue weighted by molar-refractivity contribution is 6.09. The molecule has 1 amide bonds. The van der Waals surface area contributed by atoms with Gasteiger partial charge in [-0.2, -0.15) is 13.2 Å². The summed E-state index contributed by atoms with van der Waals surface area (Å²) in [6, 6.07) is 10.5. The SMILES string of the molecule is CN1C(=O)[C@](F)(c2ccccc2)c2c1cccc2C(F)(F)F. The van der Waals surface area contributed by atoms with Gasteiger partial charge in [0.15, 0.2) is 0 Å². The summed E-state index contributed by atoms with van der Waals surface area (Å²) in [5, 5.41) is 0. The van der Waals surface area contributed by atoms with Gasteiger partial charge < -0.3 is 4.90 Å². The zero-order valence-corrected chi connectivity index (χ0v) is 11.5. The summed E-state index contributed by atoms with van der Waals surface area (Å²) in [6.45, 7) is 0. The minimum Gasteiger partial charge on any atom is -0.312 e. The highest BCUT2D eigenvalue weighted by atomic mass is 19.4. The van der Waals surface area contributed by atoms with E-state index in [-0.39, 0.29) is 11.3 Å². The monoisotopic (exact) mass is 309 g/mol. The molecule has 22 heavy (non-hydrogen) atoms. The minimum absolute atomic E-state index is 0.0637. The number of anilines is 1. The molecule has 1 aliphatic rings. The second-order valence-corrected chi connectivity index (χ2v) is 5.09. The third-order valence-electron chi connectivity index (χ3n) is 3.82. The number of carbonyl (C=O) groups excluding carboxylic acids is 1. The molecule has 2 aromatic carbocycles. The number of amides is 1. The molecule has 2 aromatic rings. The number of fused-ring (bicyclic) bond motifs is 1. The van der Waals surface area contributed by atoms with E-state index in [9.17, 15) is 18.0 Å². The summed E-state index contributed by atoms with van der Waals surface area (Å²) in [5.41, 5.74) is -4.78. The van der Waals surface area contributed by atoms with Gasteiger partial charge in [0, 0.05) is 18.2 Å². The Morgan fingerprint density at radius 3 is 2.23 bits per heavy atom. The second-order valence-electron chi connectivity index (χ2n) is 5.09. The molecule has 0 unspecified atom stereocenters. The number of nitrogens with zero attached hydrogens (tertiary/aromatic N) is 1. The van der Waals surface area contributed by atoms with Gasteiger partial charge in [-0.3, -0.25) is 4.79 Å². The molecular formula is C16H11F4NO. The molecule has 6 heteroatoms. The van der Waals surface area contributed by atoms with E-state index in [0.29, 0.717) is 0 Å². The molecule has 0 aliphatic carbocycles. The quantitative estimate of drug-likeness (QED) is 0.732. The first-order valence-corrected chi connectivity index (χ1v) is 6.51. The minimum atomic E-state index is -4.75. The molecule has 0 radical (unpaired) electrons. The standard InChI is InChI=1S/C16H11F4NO/c1-21-12-9-5-8-11(16(18,19)20)13(12)15(17,14(21)22)10-6-3-2-4-7-10/h2-9H,1H3/t15-/m0/s1. The molecule has 3 rings (SSSR count). The zero-order chi connectivity index (χ0) is 16.1. The van der Waals surface area contributed by atoms with Gasteiger partial charge >= 0.3 is 6.18 Å². The number of likely N-dealkylation sites (N-methyl/N-ethyl adjacent to an activating group) is 1. The van der Waals surface area contributed by atoms with Crippen LogP contribution in [0.4, 0.5) is 23.2 Å². The fourth-order valence-electron chi connectivity index (χ4n) is 2.80. The van der Waals surface area contributed by atoms with Gasteiger partial charge in [-0.1, -0.05) is 36.4 Å². The molecule has 0 aromatic heterocycles. The van der Waals surface area contributed by atoms with Gasteiger partial charge in [-0.05, 0) is 12.1 Å². The van der Waals surface area contributed by atoms with Gasteiger partial charge in [0.25, 0.3) is 5.91 Å². The van der Waals surface area contributed by atoms with Gasteiger partial charge in [0.05, 0.1) is 11.3 Å². The third kappa shape index (κ3) is 1.83.